The molecule has 6 nitrogen and oxygen atoms in total. The number of nitro groups is 1. The zero-order chi connectivity index (χ0) is 20.3. The van der Waals surface area contributed by atoms with E-state index < -0.39 is 20.8 Å². The first-order valence-corrected chi connectivity index (χ1v) is 10.4. The number of hydrogen-bond donors (Lipinski definition) is 1. The average Bonchev–Trinajstić information content (AvgIpc) is 2.64. The lowest BCUT2D eigenvalue weighted by atomic mass is 10.3. The van der Waals surface area contributed by atoms with E-state index in [1.165, 1.54) is 24.3 Å². The molecular weight excluding hydrogens is 427 g/mol. The summed E-state index contributed by atoms with van der Waals surface area (Å²) in [6.45, 7) is 0. The highest BCUT2D eigenvalue weighted by molar-refractivity contribution is 7.99. The topological polar surface area (TPSA) is 89.3 Å². The first-order chi connectivity index (χ1) is 13.3. The molecule has 3 rings (SSSR count). The Kier molecular flexibility index (Phi) is 5.87. The number of para-hydroxylation sites is 1. The molecule has 0 unspecified atom stereocenters. The number of halogens is 2. The molecule has 0 saturated heterocycles. The van der Waals surface area contributed by atoms with Crippen LogP contribution in [0.1, 0.15) is 0 Å². The van der Waals surface area contributed by atoms with Gasteiger partial charge in [0.15, 0.2) is 0 Å². The monoisotopic (exact) mass is 438 g/mol. The van der Waals surface area contributed by atoms with Crippen molar-refractivity contribution in [3.8, 4) is 0 Å². The summed E-state index contributed by atoms with van der Waals surface area (Å²) in [5.74, 6) is -0.551. The highest BCUT2D eigenvalue weighted by Gasteiger charge is 2.19. The molecule has 0 aliphatic carbocycles. The summed E-state index contributed by atoms with van der Waals surface area (Å²) in [5.41, 5.74) is 0.0507. The molecule has 0 atom stereocenters. The fourth-order valence-electron chi connectivity index (χ4n) is 2.30. The van der Waals surface area contributed by atoms with Crippen LogP contribution in [0.25, 0.3) is 0 Å². The normalized spacial score (nSPS) is 11.2. The van der Waals surface area contributed by atoms with Gasteiger partial charge < -0.3 is 0 Å². The summed E-state index contributed by atoms with van der Waals surface area (Å²) in [6, 6.07) is 15.1. The smallest absolute Gasteiger partial charge is 0.278 e. The second-order valence-corrected chi connectivity index (χ2v) is 8.73. The minimum atomic E-state index is -3.96. The number of sulfonamides is 1. The summed E-state index contributed by atoms with van der Waals surface area (Å²) in [7, 11) is -3.96. The molecule has 0 amide bonds. The fraction of sp³-hybridized carbons (Fsp3) is 0. The number of nitro benzene ring substituents is 1. The van der Waals surface area contributed by atoms with Crippen LogP contribution < -0.4 is 4.72 Å². The Labute approximate surface area is 169 Å². The Balaban J connectivity index is 1.94. The predicted molar refractivity (Wildman–Crippen MR) is 106 cm³/mol. The average molecular weight is 439 g/mol. The third-order valence-electron chi connectivity index (χ3n) is 3.59. The number of rotatable bonds is 6. The zero-order valence-corrected chi connectivity index (χ0v) is 16.4. The third kappa shape index (κ3) is 4.61. The molecule has 144 valence electrons. The van der Waals surface area contributed by atoms with E-state index in [1.54, 1.807) is 18.2 Å². The number of benzene rings is 3. The van der Waals surface area contributed by atoms with Gasteiger partial charge in [-0.05, 0) is 48.5 Å². The highest BCUT2D eigenvalue weighted by atomic mass is 35.5. The molecule has 0 radical (unpaired) electrons. The van der Waals surface area contributed by atoms with E-state index in [-0.39, 0.29) is 21.3 Å². The summed E-state index contributed by atoms with van der Waals surface area (Å²) >= 11 is 6.86. The Morgan fingerprint density at radius 1 is 1.00 bits per heavy atom. The summed E-state index contributed by atoms with van der Waals surface area (Å²) in [6.07, 6.45) is 0. The van der Waals surface area contributed by atoms with Crippen molar-refractivity contribution in [2.45, 2.75) is 14.7 Å². The van der Waals surface area contributed by atoms with Crippen LogP contribution in [0.4, 0.5) is 15.8 Å². The van der Waals surface area contributed by atoms with E-state index in [0.29, 0.717) is 9.79 Å². The van der Waals surface area contributed by atoms with Gasteiger partial charge in [0, 0.05) is 16.0 Å². The van der Waals surface area contributed by atoms with Gasteiger partial charge in [0.25, 0.3) is 15.7 Å². The molecule has 28 heavy (non-hydrogen) atoms. The van der Waals surface area contributed by atoms with Gasteiger partial charge in [-0.2, -0.15) is 0 Å². The van der Waals surface area contributed by atoms with Gasteiger partial charge in [-0.15, -0.1) is 0 Å². The molecule has 0 spiro atoms. The van der Waals surface area contributed by atoms with Crippen LogP contribution in [-0.2, 0) is 10.0 Å². The van der Waals surface area contributed by atoms with E-state index in [9.17, 15) is 22.9 Å². The molecule has 0 fully saturated rings. The first-order valence-electron chi connectivity index (χ1n) is 7.75. The summed E-state index contributed by atoms with van der Waals surface area (Å²) in [5, 5.41) is 11.5. The lowest BCUT2D eigenvalue weighted by Crippen LogP contribution is -2.13. The lowest BCUT2D eigenvalue weighted by molar-refractivity contribution is -0.387. The minimum absolute atomic E-state index is 0.105. The van der Waals surface area contributed by atoms with E-state index in [4.69, 9.17) is 11.6 Å². The van der Waals surface area contributed by atoms with Crippen molar-refractivity contribution in [1.82, 2.24) is 0 Å². The molecule has 10 heteroatoms. The Hall–Kier alpha value is -2.62. The van der Waals surface area contributed by atoms with Crippen LogP contribution in [0, 0.1) is 15.9 Å². The molecule has 0 aromatic heterocycles. The maximum absolute atomic E-state index is 13.1. The molecule has 0 saturated carbocycles. The van der Waals surface area contributed by atoms with E-state index in [2.05, 4.69) is 4.72 Å². The van der Waals surface area contributed by atoms with Gasteiger partial charge in [-0.1, -0.05) is 35.5 Å². The van der Waals surface area contributed by atoms with Crippen molar-refractivity contribution >= 4 is 44.8 Å². The highest BCUT2D eigenvalue weighted by Crippen LogP contribution is 2.39. The maximum atomic E-state index is 13.1. The van der Waals surface area contributed by atoms with Gasteiger partial charge in [-0.3, -0.25) is 14.8 Å². The van der Waals surface area contributed by atoms with Crippen molar-refractivity contribution in [2.75, 3.05) is 4.72 Å². The van der Waals surface area contributed by atoms with Crippen LogP contribution in [0.5, 0.6) is 0 Å². The van der Waals surface area contributed by atoms with Crippen LogP contribution in [0.15, 0.2) is 81.4 Å². The van der Waals surface area contributed by atoms with Gasteiger partial charge >= 0.3 is 0 Å². The van der Waals surface area contributed by atoms with Gasteiger partial charge in [-0.25, -0.2) is 12.8 Å². The van der Waals surface area contributed by atoms with Crippen LogP contribution >= 0.6 is 23.4 Å². The van der Waals surface area contributed by atoms with Gasteiger partial charge in [0.2, 0.25) is 0 Å². The SMILES string of the molecule is O=[N+]([O-])c1cc(Cl)ccc1Sc1ccccc1NS(=O)(=O)c1ccc(F)cc1. The van der Waals surface area contributed by atoms with Crippen molar-refractivity contribution in [2.24, 2.45) is 0 Å². The first kappa shape index (κ1) is 20.1. The van der Waals surface area contributed by atoms with Crippen molar-refractivity contribution in [3.63, 3.8) is 0 Å². The molecule has 0 heterocycles. The minimum Gasteiger partial charge on any atom is -0.278 e. The second-order valence-electron chi connectivity index (χ2n) is 5.53. The van der Waals surface area contributed by atoms with E-state index in [0.717, 1.165) is 36.0 Å². The number of anilines is 1. The molecule has 3 aromatic carbocycles. The largest absolute Gasteiger partial charge is 0.284 e. The zero-order valence-electron chi connectivity index (χ0n) is 14.0. The second kappa shape index (κ2) is 8.17. The molecule has 1 N–H and O–H groups in total. The molecular formula is C18H12ClFN2O4S2. The molecule has 3 aromatic rings. The van der Waals surface area contributed by atoms with Gasteiger partial charge in [0.05, 0.1) is 20.4 Å². The van der Waals surface area contributed by atoms with Crippen molar-refractivity contribution < 1.29 is 17.7 Å². The van der Waals surface area contributed by atoms with Crippen LogP contribution in [0.3, 0.4) is 0 Å². The lowest BCUT2D eigenvalue weighted by Gasteiger charge is -2.12. The third-order valence-corrected chi connectivity index (χ3v) is 6.35. The molecule has 0 aliphatic heterocycles. The Morgan fingerprint density at radius 3 is 2.36 bits per heavy atom. The van der Waals surface area contributed by atoms with Crippen LogP contribution in [0.2, 0.25) is 5.02 Å². The molecule has 0 aliphatic rings. The Morgan fingerprint density at radius 2 is 1.68 bits per heavy atom. The number of nitrogens with one attached hydrogen (secondary N) is 1. The van der Waals surface area contributed by atoms with E-state index >= 15 is 0 Å². The predicted octanol–water partition coefficient (Wildman–Crippen LogP) is 5.34. The number of nitrogens with zero attached hydrogens (tertiary/aromatic N) is 1. The van der Waals surface area contributed by atoms with Crippen molar-refractivity contribution in [1.29, 1.82) is 0 Å². The quantitative estimate of drug-likeness (QED) is 0.414. The summed E-state index contributed by atoms with van der Waals surface area (Å²) in [4.78, 5) is 11.4. The van der Waals surface area contributed by atoms with Crippen molar-refractivity contribution in [3.05, 3.63) is 87.7 Å². The summed E-state index contributed by atoms with van der Waals surface area (Å²) < 4.78 is 40.6. The standard InChI is InChI=1S/C18H12ClFN2O4S2/c19-12-5-10-18(16(11-12)22(23)24)27-17-4-2-1-3-15(17)21-28(25,26)14-8-6-13(20)7-9-14/h1-11,21H. The molecule has 0 bridgehead atoms. The number of hydrogen-bond acceptors (Lipinski definition) is 5. The Bertz CT molecular complexity index is 1140. The van der Waals surface area contributed by atoms with E-state index in [1.807, 2.05) is 0 Å². The fourth-order valence-corrected chi connectivity index (χ4v) is 4.59. The van der Waals surface area contributed by atoms with Crippen LogP contribution in [-0.4, -0.2) is 13.3 Å². The maximum Gasteiger partial charge on any atom is 0.284 e. The van der Waals surface area contributed by atoms with Gasteiger partial charge in [0.1, 0.15) is 5.82 Å².